The summed E-state index contributed by atoms with van der Waals surface area (Å²) < 4.78 is 27.4. The molecule has 1 amide bonds. The molecule has 0 unspecified atom stereocenters. The van der Waals surface area contributed by atoms with Crippen LogP contribution in [0.2, 0.25) is 10.0 Å². The van der Waals surface area contributed by atoms with Crippen LogP contribution in [0.1, 0.15) is 31.7 Å². The standard InChI is InChI=1S/C22H26Cl2N2O3S/c1-2-12-25(16-17-6-4-3-5-7-17)22(27)18-10-13-26(14-11-18)30(28,29)21-15-19(23)8-9-20(21)24/h3-9,15,18H,2,10-14,16H2,1H3. The third-order valence-corrected chi connectivity index (χ3v) is 7.95. The monoisotopic (exact) mass is 468 g/mol. The Hall–Kier alpha value is -1.60. The van der Waals surface area contributed by atoms with Crippen molar-refractivity contribution in [3.63, 3.8) is 0 Å². The van der Waals surface area contributed by atoms with Crippen LogP contribution in [0, 0.1) is 5.92 Å². The van der Waals surface area contributed by atoms with Crippen molar-refractivity contribution in [3.8, 4) is 0 Å². The van der Waals surface area contributed by atoms with Gasteiger partial charge in [0.05, 0.1) is 5.02 Å². The number of carbonyl (C=O) groups excluding carboxylic acids is 1. The van der Waals surface area contributed by atoms with Gasteiger partial charge in [-0.3, -0.25) is 4.79 Å². The van der Waals surface area contributed by atoms with Crippen LogP contribution in [-0.4, -0.2) is 43.2 Å². The molecular weight excluding hydrogens is 443 g/mol. The van der Waals surface area contributed by atoms with E-state index >= 15 is 0 Å². The second-order valence-corrected chi connectivity index (χ2v) is 10.2. The number of amides is 1. The van der Waals surface area contributed by atoms with Gasteiger partial charge in [-0.2, -0.15) is 4.31 Å². The van der Waals surface area contributed by atoms with Crippen molar-refractivity contribution in [3.05, 3.63) is 64.1 Å². The molecule has 0 aliphatic carbocycles. The molecule has 1 aliphatic heterocycles. The molecule has 0 atom stereocenters. The minimum Gasteiger partial charge on any atom is -0.338 e. The summed E-state index contributed by atoms with van der Waals surface area (Å²) in [6.45, 7) is 3.88. The van der Waals surface area contributed by atoms with Gasteiger partial charge in [-0.05, 0) is 43.0 Å². The molecule has 162 valence electrons. The quantitative estimate of drug-likeness (QED) is 0.584. The maximum Gasteiger partial charge on any atom is 0.244 e. The van der Waals surface area contributed by atoms with Gasteiger partial charge in [0.1, 0.15) is 4.90 Å². The van der Waals surface area contributed by atoms with Crippen LogP contribution in [0.5, 0.6) is 0 Å². The number of hydrogen-bond donors (Lipinski definition) is 0. The highest BCUT2D eigenvalue weighted by molar-refractivity contribution is 7.89. The zero-order chi connectivity index (χ0) is 21.7. The number of halogens is 2. The molecule has 0 radical (unpaired) electrons. The Kier molecular flexibility index (Phi) is 7.80. The first-order valence-corrected chi connectivity index (χ1v) is 12.3. The van der Waals surface area contributed by atoms with E-state index in [-0.39, 0.29) is 34.8 Å². The summed E-state index contributed by atoms with van der Waals surface area (Å²) in [5.74, 6) is -0.0833. The lowest BCUT2D eigenvalue weighted by Gasteiger charge is -2.34. The Morgan fingerprint density at radius 1 is 1.10 bits per heavy atom. The van der Waals surface area contributed by atoms with Crippen molar-refractivity contribution >= 4 is 39.1 Å². The van der Waals surface area contributed by atoms with E-state index in [1.54, 1.807) is 6.07 Å². The molecule has 0 saturated carbocycles. The number of sulfonamides is 1. The molecule has 5 nitrogen and oxygen atoms in total. The molecule has 2 aromatic carbocycles. The number of hydrogen-bond acceptors (Lipinski definition) is 3. The number of nitrogens with zero attached hydrogens (tertiary/aromatic N) is 2. The molecule has 0 spiro atoms. The van der Waals surface area contributed by atoms with Crippen LogP contribution in [0.25, 0.3) is 0 Å². The van der Waals surface area contributed by atoms with E-state index < -0.39 is 10.0 Å². The number of carbonyl (C=O) groups is 1. The van der Waals surface area contributed by atoms with Crippen LogP contribution >= 0.6 is 23.2 Å². The minimum absolute atomic E-state index is 0.0122. The second-order valence-electron chi connectivity index (χ2n) is 7.50. The van der Waals surface area contributed by atoms with Crippen molar-refractivity contribution in [2.45, 2.75) is 37.6 Å². The van der Waals surface area contributed by atoms with Crippen LogP contribution < -0.4 is 0 Å². The Labute approximate surface area is 188 Å². The van der Waals surface area contributed by atoms with Crippen molar-refractivity contribution < 1.29 is 13.2 Å². The smallest absolute Gasteiger partial charge is 0.244 e. The molecule has 3 rings (SSSR count). The largest absolute Gasteiger partial charge is 0.338 e. The second kappa shape index (κ2) is 10.1. The summed E-state index contributed by atoms with van der Waals surface area (Å²) in [6.07, 6.45) is 1.86. The minimum atomic E-state index is -3.75. The lowest BCUT2D eigenvalue weighted by molar-refractivity contribution is -0.137. The van der Waals surface area contributed by atoms with Crippen molar-refractivity contribution in [1.82, 2.24) is 9.21 Å². The van der Waals surface area contributed by atoms with Gasteiger partial charge in [0.15, 0.2) is 0 Å². The molecule has 1 saturated heterocycles. The summed E-state index contributed by atoms with van der Waals surface area (Å²) in [7, 11) is -3.75. The van der Waals surface area contributed by atoms with E-state index in [4.69, 9.17) is 23.2 Å². The SMILES string of the molecule is CCCN(Cc1ccccc1)C(=O)C1CCN(S(=O)(=O)c2cc(Cl)ccc2Cl)CC1. The number of rotatable bonds is 7. The van der Waals surface area contributed by atoms with Crippen LogP contribution in [0.3, 0.4) is 0 Å². The van der Waals surface area contributed by atoms with E-state index in [1.807, 2.05) is 35.2 Å². The van der Waals surface area contributed by atoms with E-state index in [9.17, 15) is 13.2 Å². The summed E-state index contributed by atoms with van der Waals surface area (Å²) in [5, 5.41) is 0.466. The molecule has 30 heavy (non-hydrogen) atoms. The summed E-state index contributed by atoms with van der Waals surface area (Å²) in [5.41, 5.74) is 1.09. The van der Waals surface area contributed by atoms with Crippen molar-refractivity contribution in [1.29, 1.82) is 0 Å². The third kappa shape index (κ3) is 5.35. The Morgan fingerprint density at radius 2 is 1.77 bits per heavy atom. The first-order valence-electron chi connectivity index (χ1n) is 10.1. The molecule has 0 aromatic heterocycles. The summed E-state index contributed by atoms with van der Waals surface area (Å²) >= 11 is 12.1. The molecule has 1 aliphatic rings. The van der Waals surface area contributed by atoms with Crippen LogP contribution in [0.4, 0.5) is 0 Å². The van der Waals surface area contributed by atoms with Gasteiger partial charge >= 0.3 is 0 Å². The van der Waals surface area contributed by atoms with Crippen LogP contribution in [0.15, 0.2) is 53.4 Å². The molecule has 2 aromatic rings. The fourth-order valence-corrected chi connectivity index (χ4v) is 5.96. The third-order valence-electron chi connectivity index (χ3n) is 5.34. The first-order chi connectivity index (χ1) is 14.3. The predicted octanol–water partition coefficient (Wildman–Crippen LogP) is 4.83. The molecular formula is C22H26Cl2N2O3S. The molecule has 0 bridgehead atoms. The molecule has 8 heteroatoms. The normalized spacial score (nSPS) is 15.8. The zero-order valence-electron chi connectivity index (χ0n) is 16.9. The van der Waals surface area contributed by atoms with Gasteiger partial charge < -0.3 is 4.90 Å². The Morgan fingerprint density at radius 3 is 2.40 bits per heavy atom. The fourth-order valence-electron chi connectivity index (χ4n) is 3.76. The zero-order valence-corrected chi connectivity index (χ0v) is 19.3. The first kappa shape index (κ1) is 23.1. The Bertz CT molecular complexity index is 975. The number of piperidine rings is 1. The predicted molar refractivity (Wildman–Crippen MR) is 120 cm³/mol. The highest BCUT2D eigenvalue weighted by atomic mass is 35.5. The van der Waals surface area contributed by atoms with E-state index in [1.165, 1.54) is 16.4 Å². The molecule has 0 N–H and O–H groups in total. The van der Waals surface area contributed by atoms with Gasteiger partial charge in [0.2, 0.25) is 15.9 Å². The average molecular weight is 469 g/mol. The van der Waals surface area contributed by atoms with E-state index in [0.717, 1.165) is 12.0 Å². The van der Waals surface area contributed by atoms with Gasteiger partial charge in [-0.1, -0.05) is 60.5 Å². The topological polar surface area (TPSA) is 57.7 Å². The van der Waals surface area contributed by atoms with E-state index in [2.05, 4.69) is 6.92 Å². The highest BCUT2D eigenvalue weighted by Gasteiger charge is 2.34. The van der Waals surface area contributed by atoms with Gasteiger partial charge in [0, 0.05) is 37.1 Å². The maximum atomic E-state index is 13.1. The maximum absolute atomic E-state index is 13.1. The number of benzene rings is 2. The van der Waals surface area contributed by atoms with Crippen molar-refractivity contribution in [2.24, 2.45) is 5.92 Å². The Balaban J connectivity index is 1.67. The highest BCUT2D eigenvalue weighted by Crippen LogP contribution is 2.31. The summed E-state index contributed by atoms with van der Waals surface area (Å²) in [6, 6.07) is 14.3. The van der Waals surface area contributed by atoms with Gasteiger partial charge in [-0.25, -0.2) is 8.42 Å². The fraction of sp³-hybridized carbons (Fsp3) is 0.409. The van der Waals surface area contributed by atoms with E-state index in [0.29, 0.717) is 31.0 Å². The van der Waals surface area contributed by atoms with Gasteiger partial charge in [0.25, 0.3) is 0 Å². The van der Waals surface area contributed by atoms with Crippen LogP contribution in [-0.2, 0) is 21.4 Å². The summed E-state index contributed by atoms with van der Waals surface area (Å²) in [4.78, 5) is 15.0. The lowest BCUT2D eigenvalue weighted by atomic mass is 9.96. The lowest BCUT2D eigenvalue weighted by Crippen LogP contribution is -2.44. The van der Waals surface area contributed by atoms with Crippen molar-refractivity contribution in [2.75, 3.05) is 19.6 Å². The van der Waals surface area contributed by atoms with Gasteiger partial charge in [-0.15, -0.1) is 0 Å². The molecule has 1 heterocycles. The molecule has 1 fully saturated rings. The average Bonchev–Trinajstić information content (AvgIpc) is 2.75.